The van der Waals surface area contributed by atoms with Gasteiger partial charge in [0.2, 0.25) is 0 Å². The molecule has 3 rings (SSSR count). The van der Waals surface area contributed by atoms with E-state index in [4.69, 9.17) is 0 Å². The molecule has 2 heterocycles. The fourth-order valence-electron chi connectivity index (χ4n) is 4.46. The zero-order valence-electron chi connectivity index (χ0n) is 15.7. The fraction of sp³-hybridized carbons (Fsp3) is 0.714. The van der Waals surface area contributed by atoms with Crippen molar-refractivity contribution in [2.45, 2.75) is 58.1 Å². The average molecular weight is 331 g/mol. The lowest BCUT2D eigenvalue weighted by molar-refractivity contribution is 0.0714. The summed E-state index contributed by atoms with van der Waals surface area (Å²) in [6, 6.07) is 9.04. The molecular formula is C21H34N2O. The summed E-state index contributed by atoms with van der Waals surface area (Å²) in [5.74, 6) is 0. The van der Waals surface area contributed by atoms with E-state index in [1.807, 2.05) is 13.8 Å². The van der Waals surface area contributed by atoms with Crippen LogP contribution in [0.3, 0.4) is 0 Å². The first-order valence-electron chi connectivity index (χ1n) is 9.55. The zero-order chi connectivity index (χ0) is 17.2. The molecule has 2 aliphatic heterocycles. The Bertz CT molecular complexity index is 530. The highest BCUT2D eigenvalue weighted by Gasteiger charge is 2.39. The van der Waals surface area contributed by atoms with Gasteiger partial charge in [0.15, 0.2) is 0 Å². The van der Waals surface area contributed by atoms with Gasteiger partial charge in [-0.15, -0.1) is 0 Å². The van der Waals surface area contributed by atoms with Crippen LogP contribution in [0.1, 0.15) is 50.7 Å². The first-order chi connectivity index (χ1) is 11.3. The van der Waals surface area contributed by atoms with E-state index < -0.39 is 5.60 Å². The first-order valence-corrected chi connectivity index (χ1v) is 9.55. The van der Waals surface area contributed by atoms with E-state index in [0.717, 1.165) is 19.4 Å². The molecule has 1 N–H and O–H groups in total. The van der Waals surface area contributed by atoms with Crippen molar-refractivity contribution >= 4 is 0 Å². The third-order valence-corrected chi connectivity index (χ3v) is 5.82. The number of benzene rings is 1. The van der Waals surface area contributed by atoms with Crippen LogP contribution >= 0.6 is 0 Å². The molecular weight excluding hydrogens is 296 g/mol. The molecule has 1 aromatic carbocycles. The number of rotatable bonds is 5. The molecule has 3 nitrogen and oxygen atoms in total. The van der Waals surface area contributed by atoms with E-state index in [0.29, 0.717) is 5.41 Å². The second-order valence-electron chi connectivity index (χ2n) is 8.93. The molecule has 1 spiro atoms. The zero-order valence-corrected chi connectivity index (χ0v) is 15.7. The average Bonchev–Trinajstić information content (AvgIpc) is 2.86. The number of hydrogen-bond acceptors (Lipinski definition) is 3. The van der Waals surface area contributed by atoms with Gasteiger partial charge in [-0.2, -0.15) is 0 Å². The maximum atomic E-state index is 9.86. The van der Waals surface area contributed by atoms with Crippen LogP contribution < -0.4 is 0 Å². The summed E-state index contributed by atoms with van der Waals surface area (Å²) in [4.78, 5) is 5.16. The summed E-state index contributed by atoms with van der Waals surface area (Å²) in [6.07, 6.45) is 5.88. The first kappa shape index (κ1) is 17.9. The molecule has 2 aliphatic rings. The normalized spacial score (nSPS) is 26.3. The smallest absolute Gasteiger partial charge is 0.0594 e. The molecule has 24 heavy (non-hydrogen) atoms. The summed E-state index contributed by atoms with van der Waals surface area (Å²) in [6.45, 7) is 9.89. The molecule has 0 aliphatic carbocycles. The second kappa shape index (κ2) is 7.15. The number of hydrogen-bond donors (Lipinski definition) is 1. The van der Waals surface area contributed by atoms with Gasteiger partial charge in [0.1, 0.15) is 0 Å². The van der Waals surface area contributed by atoms with Crippen molar-refractivity contribution in [3.63, 3.8) is 0 Å². The largest absolute Gasteiger partial charge is 0.390 e. The van der Waals surface area contributed by atoms with Gasteiger partial charge in [0.05, 0.1) is 5.60 Å². The lowest BCUT2D eigenvalue weighted by Gasteiger charge is -2.40. The third-order valence-electron chi connectivity index (χ3n) is 5.82. The SMILES string of the molecule is CN1CC[C@]2(CCCN(Cc3ccc(CCC(C)(C)O)cc3)C2)C1. The van der Waals surface area contributed by atoms with Crippen LogP contribution in [-0.4, -0.2) is 53.7 Å². The van der Waals surface area contributed by atoms with Crippen LogP contribution in [0.2, 0.25) is 0 Å². The standard InChI is InChI=1S/C21H34N2O/c1-20(2,24)11-9-18-5-7-19(8-6-18)15-23-13-4-10-21(17-23)12-14-22(3)16-21/h5-8,24H,4,9-17H2,1-3H3/t21-/m1/s1. The van der Waals surface area contributed by atoms with Crippen molar-refractivity contribution in [2.24, 2.45) is 5.41 Å². The molecule has 1 aromatic rings. The predicted octanol–water partition coefficient (Wildman–Crippen LogP) is 3.31. The van der Waals surface area contributed by atoms with E-state index in [1.165, 1.54) is 56.6 Å². The molecule has 3 heteroatoms. The number of nitrogens with zero attached hydrogens (tertiary/aromatic N) is 2. The van der Waals surface area contributed by atoms with Gasteiger partial charge >= 0.3 is 0 Å². The molecule has 134 valence electrons. The molecule has 1 atom stereocenters. The highest BCUT2D eigenvalue weighted by atomic mass is 16.3. The summed E-state index contributed by atoms with van der Waals surface area (Å²) in [5.41, 5.74) is 2.73. The van der Waals surface area contributed by atoms with Crippen LogP contribution in [0.5, 0.6) is 0 Å². The molecule has 0 aromatic heterocycles. The van der Waals surface area contributed by atoms with Crippen molar-refractivity contribution in [1.29, 1.82) is 0 Å². The summed E-state index contributed by atoms with van der Waals surface area (Å²) in [5, 5.41) is 9.86. The topological polar surface area (TPSA) is 26.7 Å². The van der Waals surface area contributed by atoms with E-state index in [-0.39, 0.29) is 0 Å². The molecule has 0 saturated carbocycles. The molecule has 2 fully saturated rings. The Hall–Kier alpha value is -0.900. The van der Waals surface area contributed by atoms with Crippen LogP contribution in [0, 0.1) is 5.41 Å². The monoisotopic (exact) mass is 330 g/mol. The van der Waals surface area contributed by atoms with Crippen molar-refractivity contribution < 1.29 is 5.11 Å². The van der Waals surface area contributed by atoms with Gasteiger partial charge in [-0.1, -0.05) is 24.3 Å². The molecule has 0 unspecified atom stereocenters. The Balaban J connectivity index is 1.54. The van der Waals surface area contributed by atoms with Crippen molar-refractivity contribution in [2.75, 3.05) is 33.2 Å². The number of piperidine rings is 1. The van der Waals surface area contributed by atoms with Gasteiger partial charge < -0.3 is 10.0 Å². The third kappa shape index (κ3) is 4.81. The van der Waals surface area contributed by atoms with E-state index in [1.54, 1.807) is 0 Å². The van der Waals surface area contributed by atoms with Crippen LogP contribution in [0.25, 0.3) is 0 Å². The lowest BCUT2D eigenvalue weighted by Crippen LogP contribution is -2.44. The van der Waals surface area contributed by atoms with Gasteiger partial charge in [0, 0.05) is 19.6 Å². The van der Waals surface area contributed by atoms with E-state index in [2.05, 4.69) is 41.1 Å². The highest BCUT2D eigenvalue weighted by Crippen LogP contribution is 2.38. The quantitative estimate of drug-likeness (QED) is 0.897. The van der Waals surface area contributed by atoms with Crippen molar-refractivity contribution in [3.05, 3.63) is 35.4 Å². The van der Waals surface area contributed by atoms with Gasteiger partial charge in [-0.25, -0.2) is 0 Å². The van der Waals surface area contributed by atoms with Crippen LogP contribution in [0.4, 0.5) is 0 Å². The van der Waals surface area contributed by atoms with Gasteiger partial charge in [-0.05, 0) is 82.6 Å². The predicted molar refractivity (Wildman–Crippen MR) is 100 cm³/mol. The molecule has 0 bridgehead atoms. The van der Waals surface area contributed by atoms with Crippen LogP contribution in [-0.2, 0) is 13.0 Å². The minimum absolute atomic E-state index is 0.555. The summed E-state index contributed by atoms with van der Waals surface area (Å²) < 4.78 is 0. The van der Waals surface area contributed by atoms with E-state index in [9.17, 15) is 5.11 Å². The Morgan fingerprint density at radius 3 is 2.38 bits per heavy atom. The van der Waals surface area contributed by atoms with Gasteiger partial charge in [-0.3, -0.25) is 4.90 Å². The Kier molecular flexibility index (Phi) is 5.33. The highest BCUT2D eigenvalue weighted by molar-refractivity contribution is 5.23. The summed E-state index contributed by atoms with van der Waals surface area (Å²) in [7, 11) is 2.26. The lowest BCUT2D eigenvalue weighted by atomic mass is 9.79. The Morgan fingerprint density at radius 1 is 1.04 bits per heavy atom. The number of likely N-dealkylation sites (tertiary alicyclic amines) is 2. The summed E-state index contributed by atoms with van der Waals surface area (Å²) >= 11 is 0. The maximum absolute atomic E-state index is 9.86. The Morgan fingerprint density at radius 2 is 1.75 bits per heavy atom. The fourth-order valence-corrected chi connectivity index (χ4v) is 4.46. The molecule has 0 radical (unpaired) electrons. The second-order valence-corrected chi connectivity index (χ2v) is 8.93. The molecule has 0 amide bonds. The minimum Gasteiger partial charge on any atom is -0.390 e. The van der Waals surface area contributed by atoms with Crippen molar-refractivity contribution in [3.8, 4) is 0 Å². The minimum atomic E-state index is -0.574. The van der Waals surface area contributed by atoms with Gasteiger partial charge in [0.25, 0.3) is 0 Å². The molecule has 2 saturated heterocycles. The number of aliphatic hydroxyl groups is 1. The van der Waals surface area contributed by atoms with Crippen molar-refractivity contribution in [1.82, 2.24) is 9.80 Å². The Labute approximate surface area is 147 Å². The van der Waals surface area contributed by atoms with E-state index >= 15 is 0 Å². The number of aryl methyl sites for hydroxylation is 1. The maximum Gasteiger partial charge on any atom is 0.0594 e. The van der Waals surface area contributed by atoms with Crippen LogP contribution in [0.15, 0.2) is 24.3 Å².